The summed E-state index contributed by atoms with van der Waals surface area (Å²) >= 11 is 1.68. The number of hydrogen-bond donors (Lipinski definition) is 0. The predicted octanol–water partition coefficient (Wildman–Crippen LogP) is 5.14. The third-order valence-corrected chi connectivity index (χ3v) is 7.78. The fourth-order valence-corrected chi connectivity index (χ4v) is 5.69. The van der Waals surface area contributed by atoms with Crippen LogP contribution in [0, 0.1) is 13.8 Å². The predicted molar refractivity (Wildman–Crippen MR) is 137 cm³/mol. The quantitative estimate of drug-likeness (QED) is 0.265. The molecule has 1 saturated heterocycles. The monoisotopic (exact) mass is 469 g/mol. The van der Waals surface area contributed by atoms with Crippen LogP contribution in [0.2, 0.25) is 0 Å². The van der Waals surface area contributed by atoms with Crippen LogP contribution in [0.1, 0.15) is 21.5 Å². The van der Waals surface area contributed by atoms with Crippen molar-refractivity contribution in [2.24, 2.45) is 0 Å². The summed E-state index contributed by atoms with van der Waals surface area (Å²) in [6.45, 7) is 6.62. The Morgan fingerprint density at radius 3 is 2.53 bits per heavy atom. The fourth-order valence-electron chi connectivity index (χ4n) is 4.59. The Bertz CT molecular complexity index is 1610. The number of amides is 1. The summed E-state index contributed by atoms with van der Waals surface area (Å²) in [5.41, 5.74) is 3.51. The molecule has 1 aliphatic heterocycles. The first-order chi connectivity index (χ1) is 16.5. The lowest BCUT2D eigenvalue weighted by Crippen LogP contribution is -2.49. The number of carbonyl (C=O) groups excluding carboxylic acids is 1. The van der Waals surface area contributed by atoms with Gasteiger partial charge in [0.1, 0.15) is 11.1 Å². The number of piperazine rings is 1. The van der Waals surface area contributed by atoms with Crippen LogP contribution in [0.5, 0.6) is 0 Å². The Kier molecular flexibility index (Phi) is 4.88. The largest absolute Gasteiger partial charge is 0.422 e. The van der Waals surface area contributed by atoms with Gasteiger partial charge in [0.2, 0.25) is 0 Å². The molecule has 170 valence electrons. The maximum atomic E-state index is 13.3. The summed E-state index contributed by atoms with van der Waals surface area (Å²) in [5.74, 6) is -0.279. The highest BCUT2D eigenvalue weighted by Gasteiger charge is 2.26. The van der Waals surface area contributed by atoms with E-state index in [1.165, 1.54) is 15.8 Å². The molecule has 1 amide bonds. The van der Waals surface area contributed by atoms with Gasteiger partial charge in [-0.15, -0.1) is 0 Å². The van der Waals surface area contributed by atoms with Crippen molar-refractivity contribution < 1.29 is 9.21 Å². The second-order valence-electron chi connectivity index (χ2n) is 8.83. The molecule has 0 aliphatic carbocycles. The van der Waals surface area contributed by atoms with Gasteiger partial charge >= 0.3 is 5.63 Å². The number of rotatable bonds is 2. The minimum absolute atomic E-state index is 0.0863. The van der Waals surface area contributed by atoms with Crippen LogP contribution in [0.25, 0.3) is 32.0 Å². The molecular weight excluding hydrogens is 446 g/mol. The van der Waals surface area contributed by atoms with E-state index in [4.69, 9.17) is 9.40 Å². The molecule has 0 saturated carbocycles. The van der Waals surface area contributed by atoms with Gasteiger partial charge in [0.05, 0.1) is 10.2 Å². The van der Waals surface area contributed by atoms with Gasteiger partial charge in [-0.25, -0.2) is 9.78 Å². The summed E-state index contributed by atoms with van der Waals surface area (Å²) in [6.07, 6.45) is 0. The molecule has 3 heterocycles. The van der Waals surface area contributed by atoms with Gasteiger partial charge in [0, 0.05) is 31.6 Å². The number of fused-ring (bicyclic) bond motifs is 4. The molecule has 7 heteroatoms. The van der Waals surface area contributed by atoms with Crippen molar-refractivity contribution in [1.82, 2.24) is 9.88 Å². The van der Waals surface area contributed by atoms with Gasteiger partial charge < -0.3 is 14.2 Å². The molecule has 3 aromatic carbocycles. The zero-order chi connectivity index (χ0) is 23.4. The second-order valence-corrected chi connectivity index (χ2v) is 9.84. The van der Waals surface area contributed by atoms with E-state index in [9.17, 15) is 9.59 Å². The standard InChI is InChI=1S/C27H23N3O3S/c1-16-13-22-24(14-17(16)2)34-27(28-22)30-11-9-29(10-12-30)25(31)21-15-20-19-6-4-3-5-18(19)7-8-23(20)33-26(21)32/h3-8,13-15H,9-12H2,1-2H3. The lowest BCUT2D eigenvalue weighted by molar-refractivity contribution is 0.0742. The highest BCUT2D eigenvalue weighted by atomic mass is 32.1. The van der Waals surface area contributed by atoms with E-state index in [0.717, 1.165) is 26.8 Å². The highest BCUT2D eigenvalue weighted by Crippen LogP contribution is 2.31. The van der Waals surface area contributed by atoms with Crippen LogP contribution in [0.3, 0.4) is 0 Å². The Labute approximate surface area is 200 Å². The Morgan fingerprint density at radius 2 is 1.71 bits per heavy atom. The number of hydrogen-bond acceptors (Lipinski definition) is 6. The zero-order valence-corrected chi connectivity index (χ0v) is 19.8. The van der Waals surface area contributed by atoms with Crippen LogP contribution in [0.4, 0.5) is 5.13 Å². The maximum absolute atomic E-state index is 13.3. The van der Waals surface area contributed by atoms with E-state index in [0.29, 0.717) is 31.8 Å². The number of aryl methyl sites for hydroxylation is 2. The molecule has 0 spiro atoms. The van der Waals surface area contributed by atoms with E-state index in [2.05, 4.69) is 30.9 Å². The minimum Gasteiger partial charge on any atom is -0.422 e. The van der Waals surface area contributed by atoms with E-state index in [-0.39, 0.29) is 11.5 Å². The average Bonchev–Trinajstić information content (AvgIpc) is 3.26. The normalized spacial score (nSPS) is 14.4. The molecule has 1 aliphatic rings. The molecule has 0 radical (unpaired) electrons. The van der Waals surface area contributed by atoms with E-state index in [1.54, 1.807) is 28.4 Å². The lowest BCUT2D eigenvalue weighted by atomic mass is 10.0. The zero-order valence-electron chi connectivity index (χ0n) is 19.0. The van der Waals surface area contributed by atoms with Gasteiger partial charge in [-0.2, -0.15) is 0 Å². The number of thiazole rings is 1. The molecule has 0 unspecified atom stereocenters. The number of carbonyl (C=O) groups is 1. The summed E-state index contributed by atoms with van der Waals surface area (Å²) in [4.78, 5) is 34.7. The van der Waals surface area contributed by atoms with Crippen LogP contribution < -0.4 is 10.5 Å². The topological polar surface area (TPSA) is 66.7 Å². The number of anilines is 1. The summed E-state index contributed by atoms with van der Waals surface area (Å²) in [5, 5.41) is 3.75. The van der Waals surface area contributed by atoms with E-state index < -0.39 is 5.63 Å². The van der Waals surface area contributed by atoms with Crippen LogP contribution >= 0.6 is 11.3 Å². The Hall–Kier alpha value is -3.71. The molecular formula is C27H23N3O3S. The van der Waals surface area contributed by atoms with Gasteiger partial charge in [-0.05, 0) is 60.0 Å². The summed E-state index contributed by atoms with van der Waals surface area (Å²) in [7, 11) is 0. The summed E-state index contributed by atoms with van der Waals surface area (Å²) in [6, 6.07) is 17.6. The molecule has 0 atom stereocenters. The number of benzene rings is 3. The molecule has 0 N–H and O–H groups in total. The van der Waals surface area contributed by atoms with Crippen LogP contribution in [-0.2, 0) is 0 Å². The summed E-state index contributed by atoms with van der Waals surface area (Å²) < 4.78 is 6.71. The first-order valence-electron chi connectivity index (χ1n) is 11.4. The third-order valence-electron chi connectivity index (χ3n) is 6.70. The molecule has 1 fully saturated rings. The smallest absolute Gasteiger partial charge is 0.349 e. The average molecular weight is 470 g/mol. The maximum Gasteiger partial charge on any atom is 0.349 e. The van der Waals surface area contributed by atoms with Crippen molar-refractivity contribution in [3.8, 4) is 0 Å². The molecule has 5 aromatic rings. The van der Waals surface area contributed by atoms with E-state index >= 15 is 0 Å². The minimum atomic E-state index is -0.591. The number of nitrogens with zero attached hydrogens (tertiary/aromatic N) is 3. The van der Waals surface area contributed by atoms with Gasteiger partial charge in [0.25, 0.3) is 5.91 Å². The third kappa shape index (κ3) is 3.44. The Balaban J connectivity index is 1.25. The van der Waals surface area contributed by atoms with Crippen molar-refractivity contribution in [3.63, 3.8) is 0 Å². The first kappa shape index (κ1) is 20.9. The van der Waals surface area contributed by atoms with E-state index in [1.807, 2.05) is 30.3 Å². The van der Waals surface area contributed by atoms with Gasteiger partial charge in [-0.3, -0.25) is 4.79 Å². The van der Waals surface area contributed by atoms with Crippen molar-refractivity contribution in [2.75, 3.05) is 31.1 Å². The SMILES string of the molecule is Cc1cc2nc(N3CCN(C(=O)c4cc5c(ccc6ccccc65)oc4=O)CC3)sc2cc1C. The van der Waals surface area contributed by atoms with Gasteiger partial charge in [0.15, 0.2) is 5.13 Å². The van der Waals surface area contributed by atoms with Crippen molar-refractivity contribution in [1.29, 1.82) is 0 Å². The fraction of sp³-hybridized carbons (Fsp3) is 0.222. The second kappa shape index (κ2) is 7.95. The van der Waals surface area contributed by atoms with Crippen molar-refractivity contribution >= 4 is 54.3 Å². The van der Waals surface area contributed by atoms with Crippen molar-refractivity contribution in [2.45, 2.75) is 13.8 Å². The molecule has 6 nitrogen and oxygen atoms in total. The van der Waals surface area contributed by atoms with Crippen LogP contribution in [0.15, 0.2) is 63.8 Å². The first-order valence-corrected chi connectivity index (χ1v) is 12.2. The van der Waals surface area contributed by atoms with Crippen molar-refractivity contribution in [3.05, 3.63) is 81.7 Å². The molecule has 6 rings (SSSR count). The molecule has 2 aromatic heterocycles. The molecule has 34 heavy (non-hydrogen) atoms. The lowest BCUT2D eigenvalue weighted by Gasteiger charge is -2.34. The van der Waals surface area contributed by atoms with Crippen LogP contribution in [-0.4, -0.2) is 42.0 Å². The number of aromatic nitrogens is 1. The van der Waals surface area contributed by atoms with Gasteiger partial charge in [-0.1, -0.05) is 41.7 Å². The Morgan fingerprint density at radius 1 is 0.941 bits per heavy atom. The molecule has 0 bridgehead atoms. The highest BCUT2D eigenvalue weighted by molar-refractivity contribution is 7.22.